The number of piperazine rings is 1. The lowest BCUT2D eigenvalue weighted by Gasteiger charge is -2.34. The third-order valence-electron chi connectivity index (χ3n) is 4.10. The Morgan fingerprint density at radius 2 is 2.00 bits per heavy atom. The van der Waals surface area contributed by atoms with E-state index < -0.39 is 0 Å². The molecule has 0 saturated carbocycles. The van der Waals surface area contributed by atoms with Crippen LogP contribution in [0, 0.1) is 0 Å². The molecule has 0 atom stereocenters. The molecule has 1 aromatic rings. The molecule has 5 nitrogen and oxygen atoms in total. The molecule has 0 unspecified atom stereocenters. The van der Waals surface area contributed by atoms with E-state index in [1.807, 2.05) is 29.2 Å². The lowest BCUT2D eigenvalue weighted by Crippen LogP contribution is -2.49. The van der Waals surface area contributed by atoms with E-state index in [9.17, 15) is 4.79 Å². The highest BCUT2D eigenvalue weighted by atomic mass is 16.5. The first-order valence-electron chi connectivity index (χ1n) is 7.97. The quantitative estimate of drug-likeness (QED) is 0.768. The molecule has 1 heterocycles. The van der Waals surface area contributed by atoms with Crippen molar-refractivity contribution in [1.82, 2.24) is 9.80 Å². The summed E-state index contributed by atoms with van der Waals surface area (Å²) in [4.78, 5) is 16.7. The van der Waals surface area contributed by atoms with Crippen molar-refractivity contribution in [2.45, 2.75) is 19.3 Å². The van der Waals surface area contributed by atoms with Crippen molar-refractivity contribution in [3.05, 3.63) is 29.8 Å². The van der Waals surface area contributed by atoms with E-state index in [0.717, 1.165) is 56.9 Å². The predicted molar refractivity (Wildman–Crippen MR) is 86.0 cm³/mol. The number of methoxy groups -OCH3 is 1. The Balaban J connectivity index is 1.77. The molecule has 1 aromatic carbocycles. The summed E-state index contributed by atoms with van der Waals surface area (Å²) in [6.45, 7) is 4.71. The number of rotatable bonds is 7. The van der Waals surface area contributed by atoms with Crippen LogP contribution in [0.5, 0.6) is 5.75 Å². The van der Waals surface area contributed by atoms with Crippen LogP contribution in [0.3, 0.4) is 0 Å². The summed E-state index contributed by atoms with van der Waals surface area (Å²) in [6.07, 6.45) is 2.31. The Kier molecular flexibility index (Phi) is 6.68. The van der Waals surface area contributed by atoms with Gasteiger partial charge in [-0.15, -0.1) is 0 Å². The number of ether oxygens (including phenoxy) is 1. The summed E-state index contributed by atoms with van der Waals surface area (Å²) in [7, 11) is 1.64. The molecule has 5 heteroatoms. The van der Waals surface area contributed by atoms with Gasteiger partial charge in [0.05, 0.1) is 13.5 Å². The van der Waals surface area contributed by atoms with E-state index in [4.69, 9.17) is 9.84 Å². The van der Waals surface area contributed by atoms with Gasteiger partial charge in [0.2, 0.25) is 5.91 Å². The molecule has 0 spiro atoms. The van der Waals surface area contributed by atoms with Crippen molar-refractivity contribution in [1.29, 1.82) is 0 Å². The highest BCUT2D eigenvalue weighted by Crippen LogP contribution is 2.14. The lowest BCUT2D eigenvalue weighted by atomic mass is 10.1. The summed E-state index contributed by atoms with van der Waals surface area (Å²) in [5.41, 5.74) is 0.995. The SMILES string of the molecule is COc1cccc(CC(=O)N2CCN(CCCCO)CC2)c1. The smallest absolute Gasteiger partial charge is 0.227 e. The predicted octanol–water partition coefficient (Wildman–Crippen LogP) is 1.15. The molecule has 1 amide bonds. The topological polar surface area (TPSA) is 53.0 Å². The normalized spacial score (nSPS) is 15.8. The molecule has 0 aliphatic carbocycles. The van der Waals surface area contributed by atoms with Crippen molar-refractivity contribution < 1.29 is 14.6 Å². The summed E-state index contributed by atoms with van der Waals surface area (Å²) in [5.74, 6) is 0.974. The molecule has 2 rings (SSSR count). The van der Waals surface area contributed by atoms with Crippen LogP contribution >= 0.6 is 0 Å². The number of hydrogen-bond acceptors (Lipinski definition) is 4. The van der Waals surface area contributed by atoms with Gasteiger partial charge < -0.3 is 14.7 Å². The number of nitrogens with zero attached hydrogens (tertiary/aromatic N) is 2. The molecule has 1 aliphatic heterocycles. The van der Waals surface area contributed by atoms with Crippen molar-refractivity contribution in [3.63, 3.8) is 0 Å². The first kappa shape index (κ1) is 16.8. The minimum Gasteiger partial charge on any atom is -0.497 e. The fourth-order valence-electron chi connectivity index (χ4n) is 2.74. The van der Waals surface area contributed by atoms with Crippen LogP contribution in [0.4, 0.5) is 0 Å². The van der Waals surface area contributed by atoms with Gasteiger partial charge in [0.25, 0.3) is 0 Å². The number of benzene rings is 1. The average molecular weight is 306 g/mol. The Bertz CT molecular complexity index is 471. The lowest BCUT2D eigenvalue weighted by molar-refractivity contribution is -0.132. The molecular formula is C17H26N2O3. The summed E-state index contributed by atoms with van der Waals surface area (Å²) >= 11 is 0. The number of hydrogen-bond donors (Lipinski definition) is 1. The van der Waals surface area contributed by atoms with Crippen LogP contribution in [-0.4, -0.2) is 67.3 Å². The first-order valence-corrected chi connectivity index (χ1v) is 7.97. The van der Waals surface area contributed by atoms with Gasteiger partial charge in [-0.05, 0) is 37.1 Å². The van der Waals surface area contributed by atoms with Crippen LogP contribution in [0.2, 0.25) is 0 Å². The van der Waals surface area contributed by atoms with Gasteiger partial charge in [-0.25, -0.2) is 0 Å². The van der Waals surface area contributed by atoms with E-state index in [1.54, 1.807) is 7.11 Å². The molecule has 0 bridgehead atoms. The highest BCUT2D eigenvalue weighted by molar-refractivity contribution is 5.79. The Labute approximate surface area is 132 Å². The third kappa shape index (κ3) is 5.00. The number of unbranched alkanes of at least 4 members (excludes halogenated alkanes) is 1. The van der Waals surface area contributed by atoms with Gasteiger partial charge in [-0.1, -0.05) is 12.1 Å². The summed E-state index contributed by atoms with van der Waals surface area (Å²) in [5, 5.41) is 8.81. The van der Waals surface area contributed by atoms with Crippen LogP contribution < -0.4 is 4.74 Å². The van der Waals surface area contributed by atoms with E-state index in [1.165, 1.54) is 0 Å². The Morgan fingerprint density at radius 1 is 1.23 bits per heavy atom. The molecule has 0 radical (unpaired) electrons. The van der Waals surface area contributed by atoms with Crippen molar-refractivity contribution in [3.8, 4) is 5.75 Å². The van der Waals surface area contributed by atoms with Gasteiger partial charge in [0, 0.05) is 32.8 Å². The molecule has 1 fully saturated rings. The number of amides is 1. The van der Waals surface area contributed by atoms with Crippen molar-refractivity contribution in [2.75, 3.05) is 46.4 Å². The largest absolute Gasteiger partial charge is 0.497 e. The fourth-order valence-corrected chi connectivity index (χ4v) is 2.74. The highest BCUT2D eigenvalue weighted by Gasteiger charge is 2.20. The van der Waals surface area contributed by atoms with Crippen LogP contribution in [0.1, 0.15) is 18.4 Å². The number of carbonyl (C=O) groups excluding carboxylic acids is 1. The van der Waals surface area contributed by atoms with Crippen LogP contribution in [-0.2, 0) is 11.2 Å². The van der Waals surface area contributed by atoms with Gasteiger partial charge in [0.1, 0.15) is 5.75 Å². The zero-order valence-electron chi connectivity index (χ0n) is 13.3. The molecular weight excluding hydrogens is 280 g/mol. The minimum atomic E-state index is 0.184. The molecule has 22 heavy (non-hydrogen) atoms. The van der Waals surface area contributed by atoms with E-state index >= 15 is 0 Å². The Hall–Kier alpha value is -1.59. The third-order valence-corrected chi connectivity index (χ3v) is 4.10. The van der Waals surface area contributed by atoms with Crippen molar-refractivity contribution >= 4 is 5.91 Å². The zero-order chi connectivity index (χ0) is 15.8. The maximum Gasteiger partial charge on any atom is 0.227 e. The number of aliphatic hydroxyl groups is 1. The number of aliphatic hydroxyl groups excluding tert-OH is 1. The van der Waals surface area contributed by atoms with Gasteiger partial charge in [-0.2, -0.15) is 0 Å². The van der Waals surface area contributed by atoms with Crippen molar-refractivity contribution in [2.24, 2.45) is 0 Å². The van der Waals surface area contributed by atoms with Crippen LogP contribution in [0.15, 0.2) is 24.3 Å². The molecule has 122 valence electrons. The monoisotopic (exact) mass is 306 g/mol. The second kappa shape index (κ2) is 8.76. The van der Waals surface area contributed by atoms with Gasteiger partial charge in [0.15, 0.2) is 0 Å². The fraction of sp³-hybridized carbons (Fsp3) is 0.588. The maximum atomic E-state index is 12.4. The van der Waals surface area contributed by atoms with E-state index in [0.29, 0.717) is 6.42 Å². The van der Waals surface area contributed by atoms with Crippen LogP contribution in [0.25, 0.3) is 0 Å². The maximum absolute atomic E-state index is 12.4. The first-order chi connectivity index (χ1) is 10.7. The standard InChI is InChI=1S/C17H26N2O3/c1-22-16-6-4-5-15(13-16)14-17(21)19-10-8-18(9-11-19)7-2-3-12-20/h4-6,13,20H,2-3,7-12,14H2,1H3. The Morgan fingerprint density at radius 3 is 2.68 bits per heavy atom. The molecule has 1 saturated heterocycles. The summed E-state index contributed by atoms with van der Waals surface area (Å²) in [6, 6.07) is 7.69. The molecule has 0 aromatic heterocycles. The zero-order valence-corrected chi connectivity index (χ0v) is 13.3. The molecule has 1 N–H and O–H groups in total. The second-order valence-electron chi connectivity index (χ2n) is 5.68. The molecule has 1 aliphatic rings. The number of carbonyl (C=O) groups is 1. The summed E-state index contributed by atoms with van der Waals surface area (Å²) < 4.78 is 5.19. The minimum absolute atomic E-state index is 0.184. The van der Waals surface area contributed by atoms with E-state index in [2.05, 4.69) is 4.90 Å². The van der Waals surface area contributed by atoms with Gasteiger partial charge >= 0.3 is 0 Å². The van der Waals surface area contributed by atoms with Gasteiger partial charge in [-0.3, -0.25) is 9.69 Å². The second-order valence-corrected chi connectivity index (χ2v) is 5.68. The average Bonchev–Trinajstić information content (AvgIpc) is 2.56. The van der Waals surface area contributed by atoms with E-state index in [-0.39, 0.29) is 12.5 Å².